The molecule has 4 unspecified atom stereocenters. The Labute approximate surface area is 124 Å². The Morgan fingerprint density at radius 1 is 1.30 bits per heavy atom. The lowest BCUT2D eigenvalue weighted by Crippen LogP contribution is -2.44. The molecule has 0 spiro atoms. The molecule has 1 aliphatic carbocycles. The van der Waals surface area contributed by atoms with Crippen molar-refractivity contribution in [2.75, 3.05) is 6.54 Å². The largest absolute Gasteiger partial charge is 0.354 e. The summed E-state index contributed by atoms with van der Waals surface area (Å²) in [6, 6.07) is 0.688. The first-order chi connectivity index (χ1) is 9.74. The van der Waals surface area contributed by atoms with Gasteiger partial charge in [0.15, 0.2) is 0 Å². The fourth-order valence-corrected chi connectivity index (χ4v) is 3.83. The Morgan fingerprint density at radius 2 is 2.10 bits per heavy atom. The first kappa shape index (κ1) is 15.8. The van der Waals surface area contributed by atoms with Crippen LogP contribution in [-0.2, 0) is 4.79 Å². The van der Waals surface area contributed by atoms with E-state index in [1.807, 2.05) is 0 Å². The van der Waals surface area contributed by atoms with E-state index in [-0.39, 0.29) is 11.9 Å². The standard InChI is InChI=1S/C17H32N2O/c1-3-5-8-13(4-2)12-18-17(20)16-11-14-9-6-7-10-15(14)19-16/h13-16,19H,3-12H2,1-2H3,(H,18,20). The lowest BCUT2D eigenvalue weighted by atomic mass is 9.85. The van der Waals surface area contributed by atoms with Gasteiger partial charge in [-0.3, -0.25) is 4.79 Å². The fraction of sp³-hybridized carbons (Fsp3) is 0.941. The number of rotatable bonds is 7. The summed E-state index contributed by atoms with van der Waals surface area (Å²) in [6.45, 7) is 5.33. The van der Waals surface area contributed by atoms with Crippen LogP contribution in [0.4, 0.5) is 0 Å². The second kappa shape index (κ2) is 8.02. The van der Waals surface area contributed by atoms with Crippen molar-refractivity contribution in [2.24, 2.45) is 11.8 Å². The Hall–Kier alpha value is -0.570. The first-order valence-electron chi connectivity index (χ1n) is 8.78. The van der Waals surface area contributed by atoms with Crippen molar-refractivity contribution in [3.8, 4) is 0 Å². The molecule has 20 heavy (non-hydrogen) atoms. The van der Waals surface area contributed by atoms with Gasteiger partial charge < -0.3 is 10.6 Å². The third kappa shape index (κ3) is 4.21. The molecule has 3 heteroatoms. The molecule has 1 saturated heterocycles. The van der Waals surface area contributed by atoms with Crippen LogP contribution in [0.25, 0.3) is 0 Å². The number of fused-ring (bicyclic) bond motifs is 1. The smallest absolute Gasteiger partial charge is 0.237 e. The van der Waals surface area contributed by atoms with Gasteiger partial charge in [0.05, 0.1) is 6.04 Å². The maximum atomic E-state index is 12.3. The van der Waals surface area contributed by atoms with E-state index in [1.54, 1.807) is 0 Å². The van der Waals surface area contributed by atoms with Gasteiger partial charge in [-0.2, -0.15) is 0 Å². The predicted molar refractivity (Wildman–Crippen MR) is 83.6 cm³/mol. The monoisotopic (exact) mass is 280 g/mol. The molecule has 3 nitrogen and oxygen atoms in total. The molecule has 2 aliphatic rings. The molecule has 1 amide bonds. The number of unbranched alkanes of at least 4 members (excludes halogenated alkanes) is 1. The van der Waals surface area contributed by atoms with Crippen molar-refractivity contribution in [3.05, 3.63) is 0 Å². The highest BCUT2D eigenvalue weighted by Crippen LogP contribution is 2.33. The summed E-state index contributed by atoms with van der Waals surface area (Å²) in [5.74, 6) is 1.65. The van der Waals surface area contributed by atoms with Gasteiger partial charge in [-0.25, -0.2) is 0 Å². The van der Waals surface area contributed by atoms with Crippen molar-refractivity contribution in [2.45, 2.75) is 83.7 Å². The van der Waals surface area contributed by atoms with E-state index in [0.29, 0.717) is 12.0 Å². The van der Waals surface area contributed by atoms with Gasteiger partial charge in [-0.15, -0.1) is 0 Å². The normalized spacial score (nSPS) is 30.8. The number of hydrogen-bond donors (Lipinski definition) is 2. The van der Waals surface area contributed by atoms with Crippen molar-refractivity contribution in [1.29, 1.82) is 0 Å². The van der Waals surface area contributed by atoms with Gasteiger partial charge in [-0.05, 0) is 37.5 Å². The fourth-order valence-electron chi connectivity index (χ4n) is 3.83. The van der Waals surface area contributed by atoms with Crippen LogP contribution >= 0.6 is 0 Å². The molecule has 0 aromatic carbocycles. The summed E-state index contributed by atoms with van der Waals surface area (Å²) >= 11 is 0. The molecule has 2 rings (SSSR count). The number of carbonyl (C=O) groups excluding carboxylic acids is 1. The van der Waals surface area contributed by atoms with E-state index in [0.717, 1.165) is 18.9 Å². The van der Waals surface area contributed by atoms with Crippen molar-refractivity contribution in [1.82, 2.24) is 10.6 Å². The van der Waals surface area contributed by atoms with Crippen LogP contribution in [0.5, 0.6) is 0 Å². The average molecular weight is 280 g/mol. The number of hydrogen-bond acceptors (Lipinski definition) is 2. The maximum Gasteiger partial charge on any atom is 0.237 e. The highest BCUT2D eigenvalue weighted by atomic mass is 16.2. The van der Waals surface area contributed by atoms with Crippen molar-refractivity contribution in [3.63, 3.8) is 0 Å². The minimum absolute atomic E-state index is 0.0757. The topological polar surface area (TPSA) is 41.1 Å². The lowest BCUT2D eigenvalue weighted by molar-refractivity contribution is -0.123. The zero-order valence-electron chi connectivity index (χ0n) is 13.3. The average Bonchev–Trinajstić information content (AvgIpc) is 2.91. The minimum Gasteiger partial charge on any atom is -0.354 e. The van der Waals surface area contributed by atoms with Gasteiger partial charge in [0.2, 0.25) is 5.91 Å². The van der Waals surface area contributed by atoms with Gasteiger partial charge in [-0.1, -0.05) is 46.0 Å². The van der Waals surface area contributed by atoms with Crippen LogP contribution in [0.2, 0.25) is 0 Å². The molecule has 0 radical (unpaired) electrons. The maximum absolute atomic E-state index is 12.3. The van der Waals surface area contributed by atoms with Gasteiger partial charge in [0, 0.05) is 12.6 Å². The van der Waals surface area contributed by atoms with Crippen LogP contribution in [-0.4, -0.2) is 24.5 Å². The van der Waals surface area contributed by atoms with Crippen LogP contribution in [0.3, 0.4) is 0 Å². The Morgan fingerprint density at radius 3 is 2.80 bits per heavy atom. The summed E-state index contributed by atoms with van der Waals surface area (Å²) in [6.07, 6.45) is 11.3. The number of carbonyl (C=O) groups is 1. The second-order valence-electron chi connectivity index (χ2n) is 6.77. The van der Waals surface area contributed by atoms with Gasteiger partial charge in [0.25, 0.3) is 0 Å². The molecule has 116 valence electrons. The Bertz CT molecular complexity index is 291. The van der Waals surface area contributed by atoms with Gasteiger partial charge >= 0.3 is 0 Å². The molecule has 4 atom stereocenters. The van der Waals surface area contributed by atoms with E-state index < -0.39 is 0 Å². The quantitative estimate of drug-likeness (QED) is 0.751. The molecule has 1 aliphatic heterocycles. The molecule has 0 aromatic rings. The van der Waals surface area contributed by atoms with Crippen molar-refractivity contribution < 1.29 is 4.79 Å². The molecule has 0 aromatic heterocycles. The van der Waals surface area contributed by atoms with Crippen LogP contribution in [0.15, 0.2) is 0 Å². The van der Waals surface area contributed by atoms with E-state index >= 15 is 0 Å². The molecule has 2 N–H and O–H groups in total. The van der Waals surface area contributed by atoms with Crippen LogP contribution in [0.1, 0.15) is 71.6 Å². The molecule has 1 heterocycles. The zero-order chi connectivity index (χ0) is 14.4. The third-order valence-corrected chi connectivity index (χ3v) is 5.29. The summed E-state index contributed by atoms with van der Waals surface area (Å²) < 4.78 is 0. The minimum atomic E-state index is 0.0757. The van der Waals surface area contributed by atoms with Crippen LogP contribution in [0, 0.1) is 11.8 Å². The highest BCUT2D eigenvalue weighted by molar-refractivity contribution is 5.82. The summed E-state index contributed by atoms with van der Waals surface area (Å²) in [5.41, 5.74) is 0. The summed E-state index contributed by atoms with van der Waals surface area (Å²) in [4.78, 5) is 12.3. The summed E-state index contributed by atoms with van der Waals surface area (Å²) in [5, 5.41) is 6.76. The lowest BCUT2D eigenvalue weighted by Gasteiger charge is -2.24. The van der Waals surface area contributed by atoms with Crippen molar-refractivity contribution >= 4 is 5.91 Å². The Balaban J connectivity index is 1.72. The van der Waals surface area contributed by atoms with E-state index in [9.17, 15) is 4.79 Å². The highest BCUT2D eigenvalue weighted by Gasteiger charge is 2.38. The molecular formula is C17H32N2O. The molecule has 2 fully saturated rings. The van der Waals surface area contributed by atoms with Crippen LogP contribution < -0.4 is 10.6 Å². The van der Waals surface area contributed by atoms with E-state index in [1.165, 1.54) is 51.4 Å². The molecule has 1 saturated carbocycles. The SMILES string of the molecule is CCCCC(CC)CNC(=O)C1CC2CCCCC2N1. The predicted octanol–water partition coefficient (Wildman–Crippen LogP) is 3.24. The zero-order valence-corrected chi connectivity index (χ0v) is 13.3. The second-order valence-corrected chi connectivity index (χ2v) is 6.77. The third-order valence-electron chi connectivity index (χ3n) is 5.29. The van der Waals surface area contributed by atoms with Gasteiger partial charge in [0.1, 0.15) is 0 Å². The van der Waals surface area contributed by atoms with E-state index in [4.69, 9.17) is 0 Å². The Kier molecular flexibility index (Phi) is 6.34. The van der Waals surface area contributed by atoms with E-state index in [2.05, 4.69) is 24.5 Å². The molecular weight excluding hydrogens is 248 g/mol. The number of amides is 1. The molecule has 0 bridgehead atoms. The first-order valence-corrected chi connectivity index (χ1v) is 8.78. The number of nitrogens with one attached hydrogen (secondary N) is 2. The summed E-state index contributed by atoms with van der Waals surface area (Å²) in [7, 11) is 0.